The van der Waals surface area contributed by atoms with Gasteiger partial charge in [0.15, 0.2) is 0 Å². The van der Waals surface area contributed by atoms with Crippen molar-refractivity contribution in [2.75, 3.05) is 13.1 Å². The highest BCUT2D eigenvalue weighted by Gasteiger charge is 2.28. The zero-order valence-electron chi connectivity index (χ0n) is 7.48. The maximum absolute atomic E-state index is 10.9. The Balaban J connectivity index is 2.49. The normalized spacial score (nSPS) is 24.5. The van der Waals surface area contributed by atoms with Crippen LogP contribution in [0.3, 0.4) is 0 Å². The van der Waals surface area contributed by atoms with Gasteiger partial charge >= 0.3 is 0 Å². The molecule has 0 bridgehead atoms. The molecule has 1 saturated heterocycles. The van der Waals surface area contributed by atoms with E-state index in [1.165, 1.54) is 4.31 Å². The Morgan fingerprint density at radius 1 is 1.46 bits per heavy atom. The Morgan fingerprint density at radius 3 is 2.23 bits per heavy atom. The van der Waals surface area contributed by atoms with Crippen molar-refractivity contribution in [2.24, 2.45) is 5.92 Å². The first-order valence-electron chi connectivity index (χ1n) is 4.29. The lowest BCUT2D eigenvalue weighted by Gasteiger charge is -2.30. The van der Waals surface area contributed by atoms with Crippen molar-refractivity contribution < 1.29 is 13.5 Å². The topological polar surface area (TPSA) is 57.6 Å². The summed E-state index contributed by atoms with van der Waals surface area (Å²) in [6.07, 6.45) is 1.01. The Morgan fingerprint density at radius 2 is 1.92 bits per heavy atom. The van der Waals surface area contributed by atoms with E-state index in [9.17, 15) is 13.5 Å². The summed E-state index contributed by atoms with van der Waals surface area (Å²) < 4.78 is 23.0. The minimum Gasteiger partial charge on any atom is -0.393 e. The number of piperidine rings is 1. The standard InChI is InChI=1S/C7H14ClNO3S/c1-6(10)7-2-4-9(5-3-7)13(8,11)12/h6-7,10H,2-5H2,1H3. The summed E-state index contributed by atoms with van der Waals surface area (Å²) in [5, 5.41) is 9.27. The molecule has 0 amide bonds. The van der Waals surface area contributed by atoms with Crippen molar-refractivity contribution in [1.82, 2.24) is 4.31 Å². The van der Waals surface area contributed by atoms with Crippen LogP contribution in [0.5, 0.6) is 0 Å². The van der Waals surface area contributed by atoms with E-state index in [2.05, 4.69) is 0 Å². The molecule has 6 heteroatoms. The molecule has 1 fully saturated rings. The summed E-state index contributed by atoms with van der Waals surface area (Å²) in [5.41, 5.74) is 0. The number of hydrogen-bond donors (Lipinski definition) is 1. The Hall–Kier alpha value is 0.160. The molecular formula is C7H14ClNO3S. The molecule has 1 N–H and O–H groups in total. The molecule has 1 atom stereocenters. The summed E-state index contributed by atoms with van der Waals surface area (Å²) in [6.45, 7) is 2.57. The lowest BCUT2D eigenvalue weighted by Crippen LogP contribution is -2.38. The van der Waals surface area contributed by atoms with Crippen molar-refractivity contribution in [2.45, 2.75) is 25.9 Å². The number of hydrogen-bond acceptors (Lipinski definition) is 3. The molecule has 0 spiro atoms. The summed E-state index contributed by atoms with van der Waals surface area (Å²) >= 11 is 0. The number of halogens is 1. The van der Waals surface area contributed by atoms with Crippen molar-refractivity contribution in [3.8, 4) is 0 Å². The lowest BCUT2D eigenvalue weighted by atomic mass is 9.93. The lowest BCUT2D eigenvalue weighted by molar-refractivity contribution is 0.0916. The van der Waals surface area contributed by atoms with Gasteiger partial charge in [-0.2, -0.15) is 12.7 Å². The van der Waals surface area contributed by atoms with Crippen LogP contribution in [0.25, 0.3) is 0 Å². The molecule has 1 aliphatic heterocycles. The zero-order valence-corrected chi connectivity index (χ0v) is 9.05. The molecule has 0 aliphatic carbocycles. The molecule has 0 aromatic heterocycles. The third-order valence-electron chi connectivity index (χ3n) is 2.49. The number of nitrogens with zero attached hydrogens (tertiary/aromatic N) is 1. The van der Waals surface area contributed by atoms with E-state index >= 15 is 0 Å². The first kappa shape index (κ1) is 11.2. The molecule has 1 unspecified atom stereocenters. The van der Waals surface area contributed by atoms with E-state index in [0.29, 0.717) is 25.9 Å². The molecule has 0 saturated carbocycles. The van der Waals surface area contributed by atoms with E-state index in [4.69, 9.17) is 10.7 Å². The van der Waals surface area contributed by atoms with E-state index in [1.54, 1.807) is 6.92 Å². The van der Waals surface area contributed by atoms with Crippen LogP contribution < -0.4 is 0 Å². The van der Waals surface area contributed by atoms with Crippen LogP contribution in [0.2, 0.25) is 0 Å². The van der Waals surface area contributed by atoms with Crippen LogP contribution in [0.1, 0.15) is 19.8 Å². The van der Waals surface area contributed by atoms with Crippen LogP contribution >= 0.6 is 10.7 Å². The molecule has 1 heterocycles. The largest absolute Gasteiger partial charge is 0.393 e. The van der Waals surface area contributed by atoms with Gasteiger partial charge < -0.3 is 5.11 Å². The Kier molecular flexibility index (Phi) is 3.57. The SMILES string of the molecule is CC(O)C1CCN(S(=O)(=O)Cl)CC1. The van der Waals surface area contributed by atoms with Gasteiger partial charge in [-0.25, -0.2) is 0 Å². The van der Waals surface area contributed by atoms with Gasteiger partial charge in [-0.15, -0.1) is 0 Å². The van der Waals surface area contributed by atoms with Gasteiger partial charge in [0, 0.05) is 23.8 Å². The molecule has 0 radical (unpaired) electrons. The fourth-order valence-electron chi connectivity index (χ4n) is 1.58. The van der Waals surface area contributed by atoms with Gasteiger partial charge in [0.25, 0.3) is 9.24 Å². The molecular weight excluding hydrogens is 214 g/mol. The van der Waals surface area contributed by atoms with Crippen molar-refractivity contribution >= 4 is 19.9 Å². The quantitative estimate of drug-likeness (QED) is 0.702. The number of aliphatic hydroxyl groups is 1. The minimum absolute atomic E-state index is 0.203. The van der Waals surface area contributed by atoms with Gasteiger partial charge in [-0.1, -0.05) is 0 Å². The van der Waals surface area contributed by atoms with Crippen LogP contribution in [-0.2, 0) is 9.24 Å². The smallest absolute Gasteiger partial charge is 0.299 e. The van der Waals surface area contributed by atoms with Gasteiger partial charge in [0.1, 0.15) is 0 Å². The maximum Gasteiger partial charge on any atom is 0.299 e. The highest BCUT2D eigenvalue weighted by atomic mass is 35.7. The second-order valence-electron chi connectivity index (χ2n) is 3.42. The number of aliphatic hydroxyl groups excluding tert-OH is 1. The molecule has 78 valence electrons. The fourth-order valence-corrected chi connectivity index (χ4v) is 2.64. The van der Waals surface area contributed by atoms with Gasteiger partial charge in [0.2, 0.25) is 0 Å². The Labute approximate surface area is 83.0 Å². The second-order valence-corrected chi connectivity index (χ2v) is 5.93. The molecule has 1 rings (SSSR count). The predicted octanol–water partition coefficient (Wildman–Crippen LogP) is 0.563. The first-order valence-corrected chi connectivity index (χ1v) is 6.55. The third-order valence-corrected chi connectivity index (χ3v) is 4.06. The van der Waals surface area contributed by atoms with Crippen LogP contribution in [0, 0.1) is 5.92 Å². The van der Waals surface area contributed by atoms with E-state index in [0.717, 1.165) is 0 Å². The van der Waals surface area contributed by atoms with Crippen LogP contribution in [-0.4, -0.2) is 37.0 Å². The van der Waals surface area contributed by atoms with Crippen molar-refractivity contribution in [3.63, 3.8) is 0 Å². The summed E-state index contributed by atoms with van der Waals surface area (Å²) in [6, 6.07) is 0. The molecule has 1 aliphatic rings. The predicted molar refractivity (Wildman–Crippen MR) is 50.8 cm³/mol. The van der Waals surface area contributed by atoms with Crippen LogP contribution in [0.4, 0.5) is 0 Å². The Bertz CT molecular complexity index is 257. The molecule has 4 nitrogen and oxygen atoms in total. The molecule has 13 heavy (non-hydrogen) atoms. The van der Waals surface area contributed by atoms with Crippen molar-refractivity contribution in [3.05, 3.63) is 0 Å². The van der Waals surface area contributed by atoms with Crippen molar-refractivity contribution in [1.29, 1.82) is 0 Å². The van der Waals surface area contributed by atoms with Gasteiger partial charge in [-0.05, 0) is 25.7 Å². The summed E-state index contributed by atoms with van der Waals surface area (Å²) in [5.74, 6) is 0.203. The van der Waals surface area contributed by atoms with E-state index in [1.807, 2.05) is 0 Å². The van der Waals surface area contributed by atoms with Crippen LogP contribution in [0.15, 0.2) is 0 Å². The minimum atomic E-state index is -3.55. The number of rotatable bonds is 2. The first-order chi connectivity index (χ1) is 5.91. The van der Waals surface area contributed by atoms with Gasteiger partial charge in [-0.3, -0.25) is 0 Å². The summed E-state index contributed by atoms with van der Waals surface area (Å²) in [7, 11) is 1.62. The monoisotopic (exact) mass is 227 g/mol. The zero-order chi connectivity index (χ0) is 10.1. The van der Waals surface area contributed by atoms with E-state index < -0.39 is 9.24 Å². The average Bonchev–Trinajstić information content (AvgIpc) is 2.03. The van der Waals surface area contributed by atoms with Gasteiger partial charge in [0.05, 0.1) is 6.10 Å². The highest BCUT2D eigenvalue weighted by molar-refractivity contribution is 8.11. The highest BCUT2D eigenvalue weighted by Crippen LogP contribution is 2.23. The second kappa shape index (κ2) is 4.13. The maximum atomic E-state index is 10.9. The fraction of sp³-hybridized carbons (Fsp3) is 1.00. The molecule has 0 aromatic rings. The molecule has 0 aromatic carbocycles. The van der Waals surface area contributed by atoms with E-state index in [-0.39, 0.29) is 12.0 Å². The summed E-state index contributed by atoms with van der Waals surface area (Å²) in [4.78, 5) is 0. The third kappa shape index (κ3) is 3.09. The average molecular weight is 228 g/mol.